The van der Waals surface area contributed by atoms with Crippen LogP contribution in [0, 0.1) is 5.41 Å². The minimum absolute atomic E-state index is 0.147. The molecule has 1 aromatic rings. The van der Waals surface area contributed by atoms with Crippen LogP contribution in [0.3, 0.4) is 0 Å². The van der Waals surface area contributed by atoms with E-state index in [2.05, 4.69) is 29.8 Å². The summed E-state index contributed by atoms with van der Waals surface area (Å²) in [6.07, 6.45) is 8.67. The molecular weight excluding hydrogens is 280 g/mol. The van der Waals surface area contributed by atoms with Gasteiger partial charge in [-0.1, -0.05) is 45.1 Å². The topological polar surface area (TPSA) is 55.1 Å². The van der Waals surface area contributed by atoms with Crippen molar-refractivity contribution in [1.82, 2.24) is 5.32 Å². The minimum atomic E-state index is -0.334. The maximum atomic E-state index is 12.9. The Bertz CT molecular complexity index is 422. The Hall–Kier alpha value is -0.870. The lowest BCUT2D eigenvalue weighted by Crippen LogP contribution is -2.46. The molecular formula is C17H28N2OS. The number of carbonyl (C=O) groups is 1. The van der Waals surface area contributed by atoms with Crippen molar-refractivity contribution >= 4 is 17.2 Å². The average Bonchev–Trinajstić information content (AvgIpc) is 2.91. The Kier molecular flexibility index (Phi) is 6.24. The van der Waals surface area contributed by atoms with Crippen LogP contribution in [0.15, 0.2) is 17.5 Å². The molecule has 1 heterocycles. The molecule has 3 nitrogen and oxygen atoms in total. The molecule has 118 valence electrons. The second-order valence-corrected chi connectivity index (χ2v) is 7.21. The number of carbonyl (C=O) groups excluding carboxylic acids is 1. The van der Waals surface area contributed by atoms with Crippen molar-refractivity contribution in [3.05, 3.63) is 22.4 Å². The highest BCUT2D eigenvalue weighted by molar-refractivity contribution is 7.10. The van der Waals surface area contributed by atoms with Crippen LogP contribution in [0.5, 0.6) is 0 Å². The summed E-state index contributed by atoms with van der Waals surface area (Å²) < 4.78 is 0. The third-order valence-corrected chi connectivity index (χ3v) is 5.69. The van der Waals surface area contributed by atoms with Crippen LogP contribution in [0.25, 0.3) is 0 Å². The first kappa shape index (κ1) is 16.5. The van der Waals surface area contributed by atoms with Gasteiger partial charge in [-0.25, -0.2) is 0 Å². The summed E-state index contributed by atoms with van der Waals surface area (Å²) in [5.41, 5.74) is 5.69. The first-order valence-corrected chi connectivity index (χ1v) is 9.14. The maximum absolute atomic E-state index is 12.9. The van der Waals surface area contributed by atoms with Crippen LogP contribution < -0.4 is 11.1 Å². The van der Waals surface area contributed by atoms with Crippen molar-refractivity contribution in [2.24, 2.45) is 11.1 Å². The number of amides is 1. The van der Waals surface area contributed by atoms with Gasteiger partial charge < -0.3 is 11.1 Å². The summed E-state index contributed by atoms with van der Waals surface area (Å²) >= 11 is 1.72. The number of nitrogens with two attached hydrogens (primary N) is 1. The second-order valence-electron chi connectivity index (χ2n) is 6.23. The zero-order valence-electron chi connectivity index (χ0n) is 13.1. The fraction of sp³-hybridized carbons (Fsp3) is 0.706. The molecule has 4 heteroatoms. The first-order valence-electron chi connectivity index (χ1n) is 8.26. The van der Waals surface area contributed by atoms with Gasteiger partial charge in [0, 0.05) is 11.4 Å². The van der Waals surface area contributed by atoms with E-state index in [9.17, 15) is 4.79 Å². The van der Waals surface area contributed by atoms with E-state index in [0.29, 0.717) is 6.54 Å². The first-order chi connectivity index (χ1) is 10.2. The molecule has 1 aromatic heterocycles. The molecule has 0 aromatic carbocycles. The number of hydrogen-bond acceptors (Lipinski definition) is 3. The SMILES string of the molecule is CCCC(NC(=O)C1(CN)CCCCCC1)c1cccs1. The Morgan fingerprint density at radius 1 is 1.38 bits per heavy atom. The third-order valence-electron chi connectivity index (χ3n) is 4.70. The molecule has 2 rings (SSSR count). The normalized spacial score (nSPS) is 19.7. The zero-order chi connectivity index (χ0) is 15.1. The number of thiophene rings is 1. The van der Waals surface area contributed by atoms with Crippen molar-refractivity contribution in [3.63, 3.8) is 0 Å². The Labute approximate surface area is 132 Å². The molecule has 0 saturated heterocycles. The fourth-order valence-electron chi connectivity index (χ4n) is 3.30. The van der Waals surface area contributed by atoms with E-state index in [1.165, 1.54) is 17.7 Å². The van der Waals surface area contributed by atoms with E-state index in [4.69, 9.17) is 5.73 Å². The van der Waals surface area contributed by atoms with E-state index in [0.717, 1.165) is 38.5 Å². The molecule has 21 heavy (non-hydrogen) atoms. The van der Waals surface area contributed by atoms with Gasteiger partial charge in [0.1, 0.15) is 0 Å². The van der Waals surface area contributed by atoms with Gasteiger partial charge in [0.05, 0.1) is 11.5 Å². The number of rotatable bonds is 6. The molecule has 1 atom stereocenters. The molecule has 1 fully saturated rings. The van der Waals surface area contributed by atoms with Gasteiger partial charge in [-0.2, -0.15) is 0 Å². The molecule has 1 aliphatic carbocycles. The van der Waals surface area contributed by atoms with Gasteiger partial charge >= 0.3 is 0 Å². The lowest BCUT2D eigenvalue weighted by molar-refractivity contribution is -0.132. The van der Waals surface area contributed by atoms with Crippen LogP contribution >= 0.6 is 11.3 Å². The summed E-state index contributed by atoms with van der Waals surface area (Å²) in [4.78, 5) is 14.2. The van der Waals surface area contributed by atoms with Crippen LogP contribution in [0.2, 0.25) is 0 Å². The summed E-state index contributed by atoms with van der Waals surface area (Å²) in [6.45, 7) is 2.64. The third kappa shape index (κ3) is 4.07. The zero-order valence-corrected chi connectivity index (χ0v) is 13.9. The van der Waals surface area contributed by atoms with Crippen molar-refractivity contribution in [2.45, 2.75) is 64.3 Å². The lowest BCUT2D eigenvalue weighted by Gasteiger charge is -2.32. The molecule has 1 amide bonds. The summed E-state index contributed by atoms with van der Waals surface area (Å²) in [5, 5.41) is 5.38. The highest BCUT2D eigenvalue weighted by atomic mass is 32.1. The average molecular weight is 308 g/mol. The maximum Gasteiger partial charge on any atom is 0.228 e. The predicted molar refractivity (Wildman–Crippen MR) is 89.3 cm³/mol. The number of nitrogens with one attached hydrogen (secondary N) is 1. The Balaban J connectivity index is 2.09. The Morgan fingerprint density at radius 3 is 2.62 bits per heavy atom. The highest BCUT2D eigenvalue weighted by Crippen LogP contribution is 2.35. The van der Waals surface area contributed by atoms with Crippen LogP contribution in [-0.2, 0) is 4.79 Å². The van der Waals surface area contributed by atoms with Crippen molar-refractivity contribution in [1.29, 1.82) is 0 Å². The largest absolute Gasteiger partial charge is 0.348 e. The minimum Gasteiger partial charge on any atom is -0.348 e. The summed E-state index contributed by atoms with van der Waals surface area (Å²) in [6, 6.07) is 4.32. The molecule has 0 spiro atoms. The molecule has 0 aliphatic heterocycles. The van der Waals surface area contributed by atoms with Gasteiger partial charge in [0.25, 0.3) is 0 Å². The monoisotopic (exact) mass is 308 g/mol. The van der Waals surface area contributed by atoms with E-state index >= 15 is 0 Å². The standard InChI is InChI=1S/C17H28N2OS/c1-2-8-14(15-9-7-12-21-15)19-16(20)17(13-18)10-5-3-4-6-11-17/h7,9,12,14H,2-6,8,10-11,13,18H2,1H3,(H,19,20). The molecule has 0 radical (unpaired) electrons. The van der Waals surface area contributed by atoms with Crippen molar-refractivity contribution < 1.29 is 4.79 Å². The molecule has 0 bridgehead atoms. The quantitative estimate of drug-likeness (QED) is 0.780. The van der Waals surface area contributed by atoms with E-state index in [-0.39, 0.29) is 17.4 Å². The van der Waals surface area contributed by atoms with E-state index < -0.39 is 0 Å². The molecule has 1 saturated carbocycles. The second kappa shape index (κ2) is 7.95. The van der Waals surface area contributed by atoms with Crippen LogP contribution in [-0.4, -0.2) is 12.5 Å². The van der Waals surface area contributed by atoms with Crippen molar-refractivity contribution in [3.8, 4) is 0 Å². The Morgan fingerprint density at radius 2 is 2.10 bits per heavy atom. The predicted octanol–water partition coefficient (Wildman–Crippen LogP) is 4.00. The molecule has 1 aliphatic rings. The van der Waals surface area contributed by atoms with Crippen molar-refractivity contribution in [2.75, 3.05) is 6.54 Å². The van der Waals surface area contributed by atoms with Gasteiger partial charge in [-0.3, -0.25) is 4.79 Å². The van der Waals surface area contributed by atoms with E-state index in [1.807, 2.05) is 0 Å². The van der Waals surface area contributed by atoms with Crippen LogP contribution in [0.1, 0.15) is 69.2 Å². The van der Waals surface area contributed by atoms with Gasteiger partial charge in [0.2, 0.25) is 5.91 Å². The molecule has 1 unspecified atom stereocenters. The van der Waals surface area contributed by atoms with Gasteiger partial charge in [-0.15, -0.1) is 11.3 Å². The summed E-state index contributed by atoms with van der Waals surface area (Å²) in [5.74, 6) is 0.179. The van der Waals surface area contributed by atoms with Gasteiger partial charge in [0.15, 0.2) is 0 Å². The lowest BCUT2D eigenvalue weighted by atomic mass is 9.79. The number of hydrogen-bond donors (Lipinski definition) is 2. The fourth-order valence-corrected chi connectivity index (χ4v) is 4.12. The van der Waals surface area contributed by atoms with E-state index in [1.54, 1.807) is 11.3 Å². The van der Waals surface area contributed by atoms with Crippen LogP contribution in [0.4, 0.5) is 0 Å². The smallest absolute Gasteiger partial charge is 0.228 e. The highest BCUT2D eigenvalue weighted by Gasteiger charge is 2.38. The molecule has 3 N–H and O–H groups in total. The summed E-state index contributed by atoms with van der Waals surface area (Å²) in [7, 11) is 0. The van der Waals surface area contributed by atoms with Gasteiger partial charge in [-0.05, 0) is 30.7 Å².